The van der Waals surface area contributed by atoms with Gasteiger partial charge in [0.05, 0.1) is 14.2 Å². The van der Waals surface area contributed by atoms with Gasteiger partial charge in [-0.3, -0.25) is 4.79 Å². The molecule has 0 saturated heterocycles. The third-order valence-electron chi connectivity index (χ3n) is 3.44. The van der Waals surface area contributed by atoms with Crippen LogP contribution in [0.15, 0.2) is 24.3 Å². The normalized spacial score (nSPS) is 10.4. The van der Waals surface area contributed by atoms with Crippen molar-refractivity contribution in [1.29, 1.82) is 0 Å². The van der Waals surface area contributed by atoms with Crippen LogP contribution in [0.2, 0.25) is 0 Å². The third-order valence-corrected chi connectivity index (χ3v) is 3.44. The largest absolute Gasteiger partial charge is 0.493 e. The minimum absolute atomic E-state index is 0.0739. The van der Waals surface area contributed by atoms with Gasteiger partial charge in [-0.25, -0.2) is 0 Å². The van der Waals surface area contributed by atoms with E-state index in [2.05, 4.69) is 0 Å². The van der Waals surface area contributed by atoms with E-state index in [1.54, 1.807) is 21.1 Å². The van der Waals surface area contributed by atoms with Crippen molar-refractivity contribution in [3.8, 4) is 17.2 Å². The Bertz CT molecular complexity index is 656. The number of aromatic nitrogens is 1. The van der Waals surface area contributed by atoms with Gasteiger partial charge in [0.1, 0.15) is 0 Å². The summed E-state index contributed by atoms with van der Waals surface area (Å²) in [5.41, 5.74) is 3.64. The molecule has 0 spiro atoms. The zero-order valence-corrected chi connectivity index (χ0v) is 12.5. The van der Waals surface area contributed by atoms with Crippen molar-refractivity contribution < 1.29 is 14.3 Å². The summed E-state index contributed by atoms with van der Waals surface area (Å²) in [4.78, 5) is 11.6. The number of Topliss-reactive ketones (excluding diaryl/α,β-unsaturated/α-hetero) is 1. The Labute approximate surface area is 118 Å². The second-order valence-corrected chi connectivity index (χ2v) is 4.72. The summed E-state index contributed by atoms with van der Waals surface area (Å²) in [5.74, 6) is 1.43. The van der Waals surface area contributed by atoms with Gasteiger partial charge in [-0.05, 0) is 39.0 Å². The van der Waals surface area contributed by atoms with Gasteiger partial charge in [0.15, 0.2) is 17.3 Å². The predicted octanol–water partition coefficient (Wildman–Crippen LogP) is 3.31. The van der Waals surface area contributed by atoms with Gasteiger partial charge in [-0.2, -0.15) is 0 Å². The van der Waals surface area contributed by atoms with Crippen molar-refractivity contribution in [3.05, 3.63) is 41.2 Å². The molecule has 0 radical (unpaired) electrons. The summed E-state index contributed by atoms with van der Waals surface area (Å²) in [6.45, 7) is 5.51. The Hall–Kier alpha value is -2.23. The maximum atomic E-state index is 11.6. The second-order valence-electron chi connectivity index (χ2n) is 4.72. The molecule has 0 aliphatic heterocycles. The topological polar surface area (TPSA) is 40.5 Å². The molecule has 1 aromatic heterocycles. The minimum atomic E-state index is 0.0739. The Morgan fingerprint density at radius 1 is 1.05 bits per heavy atom. The van der Waals surface area contributed by atoms with Crippen molar-refractivity contribution >= 4 is 5.78 Å². The highest BCUT2D eigenvalue weighted by atomic mass is 16.5. The Morgan fingerprint density at radius 2 is 1.70 bits per heavy atom. The molecule has 2 rings (SSSR count). The maximum absolute atomic E-state index is 11.6. The fraction of sp³-hybridized carbons (Fsp3) is 0.312. The number of rotatable bonds is 4. The van der Waals surface area contributed by atoms with Gasteiger partial charge in [-0.1, -0.05) is 0 Å². The number of hydrogen-bond donors (Lipinski definition) is 0. The molecule has 0 saturated carbocycles. The van der Waals surface area contributed by atoms with Gasteiger partial charge in [0.25, 0.3) is 0 Å². The predicted molar refractivity (Wildman–Crippen MR) is 78.4 cm³/mol. The molecular formula is C16H19NO3. The van der Waals surface area contributed by atoms with E-state index in [0.717, 1.165) is 22.6 Å². The van der Waals surface area contributed by atoms with Gasteiger partial charge in [0, 0.05) is 28.7 Å². The van der Waals surface area contributed by atoms with Crippen LogP contribution in [-0.4, -0.2) is 24.6 Å². The molecule has 2 aromatic rings. The van der Waals surface area contributed by atoms with E-state index in [1.807, 2.05) is 42.7 Å². The molecule has 0 N–H and O–H groups in total. The van der Waals surface area contributed by atoms with Gasteiger partial charge in [0.2, 0.25) is 0 Å². The van der Waals surface area contributed by atoms with E-state index in [4.69, 9.17) is 9.47 Å². The monoisotopic (exact) mass is 273 g/mol. The number of ketones is 1. The first-order valence-corrected chi connectivity index (χ1v) is 6.42. The van der Waals surface area contributed by atoms with Crippen molar-refractivity contribution in [3.63, 3.8) is 0 Å². The van der Waals surface area contributed by atoms with Crippen LogP contribution < -0.4 is 9.47 Å². The highest BCUT2D eigenvalue weighted by Gasteiger charge is 2.15. The summed E-state index contributed by atoms with van der Waals surface area (Å²) >= 11 is 0. The first kappa shape index (κ1) is 14.2. The second kappa shape index (κ2) is 5.41. The summed E-state index contributed by atoms with van der Waals surface area (Å²) in [6.07, 6.45) is 0. The molecule has 4 nitrogen and oxygen atoms in total. The van der Waals surface area contributed by atoms with E-state index in [-0.39, 0.29) is 5.78 Å². The van der Waals surface area contributed by atoms with Crippen LogP contribution in [0, 0.1) is 13.8 Å². The standard InChI is InChI=1S/C16H19NO3/c1-10-8-14(12(3)18)11(2)17(10)13-6-7-15(19-4)16(9-13)20-5/h6-9H,1-5H3. The average molecular weight is 273 g/mol. The van der Waals surface area contributed by atoms with E-state index in [9.17, 15) is 4.79 Å². The number of benzene rings is 1. The summed E-state index contributed by atoms with van der Waals surface area (Å²) in [6, 6.07) is 7.63. The van der Waals surface area contributed by atoms with Crippen molar-refractivity contribution in [2.45, 2.75) is 20.8 Å². The maximum Gasteiger partial charge on any atom is 0.162 e. The molecule has 0 fully saturated rings. The average Bonchev–Trinajstić information content (AvgIpc) is 2.73. The highest BCUT2D eigenvalue weighted by molar-refractivity contribution is 5.95. The highest BCUT2D eigenvalue weighted by Crippen LogP contribution is 2.31. The molecule has 0 aliphatic rings. The molecule has 0 atom stereocenters. The number of ether oxygens (including phenoxy) is 2. The fourth-order valence-corrected chi connectivity index (χ4v) is 2.48. The summed E-state index contributed by atoms with van der Waals surface area (Å²) in [5, 5.41) is 0. The van der Waals surface area contributed by atoms with Crippen LogP contribution >= 0.6 is 0 Å². The Morgan fingerprint density at radius 3 is 2.20 bits per heavy atom. The van der Waals surface area contributed by atoms with E-state index in [0.29, 0.717) is 11.5 Å². The van der Waals surface area contributed by atoms with Crippen LogP contribution in [0.4, 0.5) is 0 Å². The number of hydrogen-bond acceptors (Lipinski definition) is 3. The minimum Gasteiger partial charge on any atom is -0.493 e. The van der Waals surface area contributed by atoms with Gasteiger partial charge < -0.3 is 14.0 Å². The van der Waals surface area contributed by atoms with Crippen molar-refractivity contribution in [2.75, 3.05) is 14.2 Å². The zero-order chi connectivity index (χ0) is 14.9. The first-order chi connectivity index (χ1) is 9.49. The van der Waals surface area contributed by atoms with E-state index < -0.39 is 0 Å². The number of aryl methyl sites for hydroxylation is 1. The molecule has 0 amide bonds. The lowest BCUT2D eigenvalue weighted by Gasteiger charge is -2.13. The van der Waals surface area contributed by atoms with Crippen LogP contribution in [0.3, 0.4) is 0 Å². The molecule has 0 unspecified atom stereocenters. The molecule has 0 bridgehead atoms. The SMILES string of the molecule is COc1ccc(-n2c(C)cc(C(C)=O)c2C)cc1OC. The third kappa shape index (κ3) is 2.29. The number of carbonyl (C=O) groups excluding carboxylic acids is 1. The number of carbonyl (C=O) groups is 1. The molecule has 1 aromatic carbocycles. The zero-order valence-electron chi connectivity index (χ0n) is 12.5. The van der Waals surface area contributed by atoms with Crippen LogP contribution in [-0.2, 0) is 0 Å². The van der Waals surface area contributed by atoms with Crippen LogP contribution in [0.1, 0.15) is 28.7 Å². The summed E-state index contributed by atoms with van der Waals surface area (Å²) < 4.78 is 12.6. The van der Waals surface area contributed by atoms with Crippen LogP contribution in [0.5, 0.6) is 11.5 Å². The lowest BCUT2D eigenvalue weighted by atomic mass is 10.2. The first-order valence-electron chi connectivity index (χ1n) is 6.42. The quantitative estimate of drug-likeness (QED) is 0.802. The van der Waals surface area contributed by atoms with Gasteiger partial charge >= 0.3 is 0 Å². The molecule has 1 heterocycles. The molecule has 4 heteroatoms. The van der Waals surface area contributed by atoms with Crippen LogP contribution in [0.25, 0.3) is 5.69 Å². The number of nitrogens with zero attached hydrogens (tertiary/aromatic N) is 1. The van der Waals surface area contributed by atoms with Crippen molar-refractivity contribution in [1.82, 2.24) is 4.57 Å². The fourth-order valence-electron chi connectivity index (χ4n) is 2.48. The smallest absolute Gasteiger partial charge is 0.162 e. The summed E-state index contributed by atoms with van der Waals surface area (Å²) in [7, 11) is 3.22. The molecular weight excluding hydrogens is 254 g/mol. The molecule has 106 valence electrons. The number of methoxy groups -OCH3 is 2. The molecule has 0 aliphatic carbocycles. The van der Waals surface area contributed by atoms with E-state index in [1.165, 1.54) is 0 Å². The lowest BCUT2D eigenvalue weighted by molar-refractivity contribution is 0.101. The Kier molecular flexibility index (Phi) is 3.84. The van der Waals surface area contributed by atoms with E-state index >= 15 is 0 Å². The Balaban J connectivity index is 2.60. The molecule has 20 heavy (non-hydrogen) atoms. The van der Waals surface area contributed by atoms with Crippen molar-refractivity contribution in [2.24, 2.45) is 0 Å². The lowest BCUT2D eigenvalue weighted by Crippen LogP contribution is -2.02. The van der Waals surface area contributed by atoms with Gasteiger partial charge in [-0.15, -0.1) is 0 Å².